The molecule has 0 radical (unpaired) electrons. The van der Waals surface area contributed by atoms with Crippen LogP contribution in [0.2, 0.25) is 0 Å². The smallest absolute Gasteiger partial charge is 0.257 e. The van der Waals surface area contributed by atoms with E-state index in [1.807, 2.05) is 36.1 Å². The highest BCUT2D eigenvalue weighted by atomic mass is 16.5. The first-order valence-electron chi connectivity index (χ1n) is 11.6. The molecule has 1 fully saturated rings. The minimum atomic E-state index is 0.00373. The van der Waals surface area contributed by atoms with E-state index < -0.39 is 0 Å². The van der Waals surface area contributed by atoms with Gasteiger partial charge in [-0.2, -0.15) is 5.10 Å². The van der Waals surface area contributed by atoms with Crippen LogP contribution in [0.5, 0.6) is 11.5 Å². The van der Waals surface area contributed by atoms with Crippen LogP contribution >= 0.6 is 0 Å². The summed E-state index contributed by atoms with van der Waals surface area (Å²) in [7, 11) is 3.24. The molecule has 1 aromatic carbocycles. The minimum Gasteiger partial charge on any atom is -0.497 e. The predicted molar refractivity (Wildman–Crippen MR) is 130 cm³/mol. The second kappa shape index (κ2) is 10.2. The molecule has 0 spiro atoms. The fourth-order valence-corrected chi connectivity index (χ4v) is 4.57. The lowest BCUT2D eigenvalue weighted by Crippen LogP contribution is -2.38. The molecule has 1 unspecified atom stereocenters. The van der Waals surface area contributed by atoms with E-state index in [0.717, 1.165) is 38.2 Å². The minimum absolute atomic E-state index is 0.00373. The number of likely N-dealkylation sites (tertiary alicyclic amines) is 1. The van der Waals surface area contributed by atoms with Gasteiger partial charge in [0, 0.05) is 30.9 Å². The molecule has 0 aliphatic carbocycles. The van der Waals surface area contributed by atoms with Gasteiger partial charge in [-0.3, -0.25) is 9.69 Å². The Morgan fingerprint density at radius 1 is 1.18 bits per heavy atom. The number of aromatic nitrogens is 4. The third kappa shape index (κ3) is 4.48. The van der Waals surface area contributed by atoms with Crippen molar-refractivity contribution >= 4 is 5.91 Å². The molecule has 9 nitrogen and oxygen atoms in total. The van der Waals surface area contributed by atoms with Crippen LogP contribution in [0.4, 0.5) is 0 Å². The Kier molecular flexibility index (Phi) is 7.12. The van der Waals surface area contributed by atoms with Gasteiger partial charge in [0.05, 0.1) is 37.4 Å². The van der Waals surface area contributed by atoms with Gasteiger partial charge in [-0.05, 0) is 50.7 Å². The quantitative estimate of drug-likeness (QED) is 0.506. The molecule has 0 bridgehead atoms. The molecule has 9 heteroatoms. The van der Waals surface area contributed by atoms with Crippen LogP contribution in [0.15, 0.2) is 36.7 Å². The van der Waals surface area contributed by atoms with Gasteiger partial charge in [-0.1, -0.05) is 13.8 Å². The number of hydrogen-bond donors (Lipinski definition) is 0. The fourth-order valence-electron chi connectivity index (χ4n) is 4.57. The average molecular weight is 465 g/mol. The number of nitrogens with zero attached hydrogens (tertiary/aromatic N) is 6. The molecule has 1 saturated heterocycles. The van der Waals surface area contributed by atoms with Gasteiger partial charge in [0.25, 0.3) is 11.9 Å². The first kappa shape index (κ1) is 23.7. The van der Waals surface area contributed by atoms with Crippen LogP contribution in [0.25, 0.3) is 17.2 Å². The molecular formula is C25H32N6O3. The molecule has 3 aromatic rings. The summed E-state index contributed by atoms with van der Waals surface area (Å²) in [5.41, 5.74) is 2.75. The predicted octanol–water partition coefficient (Wildman–Crippen LogP) is 3.21. The van der Waals surface area contributed by atoms with Crippen molar-refractivity contribution in [1.29, 1.82) is 0 Å². The number of carbonyl (C=O) groups is 1. The van der Waals surface area contributed by atoms with Crippen molar-refractivity contribution in [1.82, 2.24) is 29.5 Å². The second-order valence-electron chi connectivity index (χ2n) is 8.28. The van der Waals surface area contributed by atoms with Crippen LogP contribution in [0.3, 0.4) is 0 Å². The molecule has 1 amide bonds. The SMILES string of the molecule is CCN(CC)C1CCN(C(=O)c2cnn(-c3nccc(-c4cc(OC)ccc4OC)n3)c2C)C1. The zero-order valence-corrected chi connectivity index (χ0v) is 20.5. The standard InChI is InChI=1S/C25H32N6O3/c1-6-29(7-2)18-11-13-30(16-18)24(32)21-15-27-31(17(21)3)25-26-12-10-22(28-25)20-14-19(33-4)8-9-23(20)34-5/h8-10,12,14-15,18H,6-7,11,13,16H2,1-5H3. The summed E-state index contributed by atoms with van der Waals surface area (Å²) < 4.78 is 12.5. The van der Waals surface area contributed by atoms with Crippen molar-refractivity contribution < 1.29 is 14.3 Å². The van der Waals surface area contributed by atoms with Gasteiger partial charge in [-0.15, -0.1) is 0 Å². The topological polar surface area (TPSA) is 85.6 Å². The summed E-state index contributed by atoms with van der Waals surface area (Å²) in [5.74, 6) is 1.77. The summed E-state index contributed by atoms with van der Waals surface area (Å²) in [4.78, 5) is 26.7. The molecule has 3 heterocycles. The first-order chi connectivity index (χ1) is 16.5. The van der Waals surface area contributed by atoms with Gasteiger partial charge in [0.15, 0.2) is 0 Å². The molecule has 1 atom stereocenters. The monoisotopic (exact) mass is 464 g/mol. The molecule has 34 heavy (non-hydrogen) atoms. The Morgan fingerprint density at radius 2 is 1.97 bits per heavy atom. The van der Waals surface area contributed by atoms with Crippen LogP contribution in [0.1, 0.15) is 36.3 Å². The van der Waals surface area contributed by atoms with Gasteiger partial charge >= 0.3 is 0 Å². The fraction of sp³-hybridized carbons (Fsp3) is 0.440. The largest absolute Gasteiger partial charge is 0.497 e. The lowest BCUT2D eigenvalue weighted by molar-refractivity contribution is 0.0777. The number of likely N-dealkylation sites (N-methyl/N-ethyl adjacent to an activating group) is 1. The van der Waals surface area contributed by atoms with Crippen LogP contribution < -0.4 is 9.47 Å². The molecule has 0 N–H and O–H groups in total. The van der Waals surface area contributed by atoms with E-state index in [1.165, 1.54) is 0 Å². The lowest BCUT2D eigenvalue weighted by Gasteiger charge is -2.26. The average Bonchev–Trinajstić information content (AvgIpc) is 3.51. The lowest BCUT2D eigenvalue weighted by atomic mass is 10.1. The van der Waals surface area contributed by atoms with Crippen molar-refractivity contribution in [2.24, 2.45) is 0 Å². The van der Waals surface area contributed by atoms with Crippen molar-refractivity contribution in [2.75, 3.05) is 40.4 Å². The van der Waals surface area contributed by atoms with E-state index in [9.17, 15) is 4.79 Å². The number of carbonyl (C=O) groups excluding carboxylic acids is 1. The van der Waals surface area contributed by atoms with Gasteiger partial charge in [0.1, 0.15) is 11.5 Å². The van der Waals surface area contributed by atoms with Gasteiger partial charge in [-0.25, -0.2) is 14.6 Å². The maximum atomic E-state index is 13.3. The van der Waals surface area contributed by atoms with E-state index >= 15 is 0 Å². The van der Waals surface area contributed by atoms with E-state index in [1.54, 1.807) is 31.3 Å². The first-order valence-corrected chi connectivity index (χ1v) is 11.6. The van der Waals surface area contributed by atoms with E-state index in [4.69, 9.17) is 14.5 Å². The molecule has 4 rings (SSSR count). The Balaban J connectivity index is 1.60. The zero-order chi connectivity index (χ0) is 24.2. The van der Waals surface area contributed by atoms with Crippen molar-refractivity contribution in [3.05, 3.63) is 47.9 Å². The van der Waals surface area contributed by atoms with Gasteiger partial charge < -0.3 is 14.4 Å². The van der Waals surface area contributed by atoms with Crippen molar-refractivity contribution in [3.8, 4) is 28.7 Å². The van der Waals surface area contributed by atoms with E-state index in [-0.39, 0.29) is 5.91 Å². The Labute approximate surface area is 200 Å². The number of ether oxygens (including phenoxy) is 2. The number of amides is 1. The molecular weight excluding hydrogens is 432 g/mol. The molecule has 2 aromatic heterocycles. The Morgan fingerprint density at radius 3 is 2.68 bits per heavy atom. The number of benzene rings is 1. The molecule has 1 aliphatic rings. The number of hydrogen-bond acceptors (Lipinski definition) is 7. The van der Waals surface area contributed by atoms with Crippen LogP contribution in [-0.4, -0.2) is 81.9 Å². The molecule has 1 aliphatic heterocycles. The highest BCUT2D eigenvalue weighted by Gasteiger charge is 2.31. The second-order valence-corrected chi connectivity index (χ2v) is 8.28. The zero-order valence-electron chi connectivity index (χ0n) is 20.5. The summed E-state index contributed by atoms with van der Waals surface area (Å²) >= 11 is 0. The normalized spacial score (nSPS) is 15.7. The molecule has 0 saturated carbocycles. The number of rotatable bonds is 8. The number of methoxy groups -OCH3 is 2. The maximum absolute atomic E-state index is 13.3. The Hall–Kier alpha value is -3.46. The Bertz CT molecular complexity index is 1160. The molecule has 180 valence electrons. The van der Waals surface area contributed by atoms with E-state index in [0.29, 0.717) is 40.4 Å². The summed E-state index contributed by atoms with van der Waals surface area (Å²) in [5, 5.41) is 4.45. The third-order valence-corrected chi connectivity index (χ3v) is 6.53. The van der Waals surface area contributed by atoms with Gasteiger partial charge in [0.2, 0.25) is 0 Å². The van der Waals surface area contributed by atoms with E-state index in [2.05, 4.69) is 28.8 Å². The van der Waals surface area contributed by atoms with Crippen molar-refractivity contribution in [3.63, 3.8) is 0 Å². The highest BCUT2D eigenvalue weighted by molar-refractivity contribution is 5.95. The van der Waals surface area contributed by atoms with Crippen LogP contribution in [0, 0.1) is 6.92 Å². The highest BCUT2D eigenvalue weighted by Crippen LogP contribution is 2.32. The van der Waals surface area contributed by atoms with Crippen LogP contribution in [-0.2, 0) is 0 Å². The van der Waals surface area contributed by atoms with Crippen molar-refractivity contribution in [2.45, 2.75) is 33.2 Å². The summed E-state index contributed by atoms with van der Waals surface area (Å²) in [6, 6.07) is 7.77. The third-order valence-electron chi connectivity index (χ3n) is 6.53. The maximum Gasteiger partial charge on any atom is 0.257 e. The summed E-state index contributed by atoms with van der Waals surface area (Å²) in [6.45, 7) is 9.69. The summed E-state index contributed by atoms with van der Waals surface area (Å²) in [6.07, 6.45) is 4.28.